The molecule has 0 amide bonds. The Morgan fingerprint density at radius 2 is 2.25 bits per heavy atom. The van der Waals surface area contributed by atoms with Gasteiger partial charge in [0, 0.05) is 12.6 Å². The van der Waals surface area contributed by atoms with Crippen molar-refractivity contribution in [2.45, 2.75) is 32.2 Å². The Morgan fingerprint density at radius 1 is 1.44 bits per heavy atom. The molecule has 4 heteroatoms. The molecule has 1 atom stereocenters. The maximum atomic E-state index is 11.1. The number of hydrogen-bond acceptors (Lipinski definition) is 4. The zero-order valence-corrected chi connectivity index (χ0v) is 10.1. The molecule has 16 heavy (non-hydrogen) atoms. The van der Waals surface area contributed by atoms with E-state index in [2.05, 4.69) is 10.2 Å². The summed E-state index contributed by atoms with van der Waals surface area (Å²) in [5, 5.41) is 3.19. The number of nitrogens with zero attached hydrogens (tertiary/aromatic N) is 1. The van der Waals surface area contributed by atoms with Crippen LogP contribution in [0.3, 0.4) is 0 Å². The molecule has 1 saturated heterocycles. The molecule has 0 bridgehead atoms. The number of ether oxygens (including phenoxy) is 1. The second kappa shape index (κ2) is 5.64. The predicted octanol–water partition coefficient (Wildman–Crippen LogP) is 0.623. The van der Waals surface area contributed by atoms with E-state index in [9.17, 15) is 4.79 Å². The SMILES string of the molecule is CCOC(=O)CNCC1CCN(C2CC2)C1. The van der Waals surface area contributed by atoms with E-state index in [0.29, 0.717) is 13.2 Å². The normalized spacial score (nSPS) is 25.9. The van der Waals surface area contributed by atoms with Crippen LogP contribution in [0.4, 0.5) is 0 Å². The van der Waals surface area contributed by atoms with Gasteiger partial charge in [-0.2, -0.15) is 0 Å². The first-order valence-corrected chi connectivity index (χ1v) is 6.40. The summed E-state index contributed by atoms with van der Waals surface area (Å²) in [5.41, 5.74) is 0. The highest BCUT2D eigenvalue weighted by Gasteiger charge is 2.33. The molecule has 1 aliphatic heterocycles. The Kier molecular flexibility index (Phi) is 4.18. The summed E-state index contributed by atoms with van der Waals surface area (Å²) in [6.07, 6.45) is 4.05. The molecule has 92 valence electrons. The van der Waals surface area contributed by atoms with Crippen molar-refractivity contribution < 1.29 is 9.53 Å². The van der Waals surface area contributed by atoms with Gasteiger partial charge in [0.05, 0.1) is 13.2 Å². The molecule has 0 aromatic carbocycles. The van der Waals surface area contributed by atoms with Gasteiger partial charge in [0.25, 0.3) is 0 Å². The van der Waals surface area contributed by atoms with Gasteiger partial charge in [-0.1, -0.05) is 0 Å². The first kappa shape index (κ1) is 11.9. The Morgan fingerprint density at radius 3 is 2.94 bits per heavy atom. The van der Waals surface area contributed by atoms with Gasteiger partial charge < -0.3 is 15.0 Å². The van der Waals surface area contributed by atoms with E-state index in [4.69, 9.17) is 4.74 Å². The standard InChI is InChI=1S/C12H22N2O2/c1-2-16-12(15)8-13-7-10-5-6-14(9-10)11-3-4-11/h10-11,13H,2-9H2,1H3. The fourth-order valence-corrected chi connectivity index (χ4v) is 2.39. The summed E-state index contributed by atoms with van der Waals surface area (Å²) < 4.78 is 4.86. The number of hydrogen-bond donors (Lipinski definition) is 1. The number of carbonyl (C=O) groups is 1. The number of rotatable bonds is 6. The molecule has 2 rings (SSSR count). The van der Waals surface area contributed by atoms with Gasteiger partial charge in [0.1, 0.15) is 0 Å². The Balaban J connectivity index is 1.55. The van der Waals surface area contributed by atoms with Crippen LogP contribution in [0.2, 0.25) is 0 Å². The average molecular weight is 226 g/mol. The third kappa shape index (κ3) is 3.46. The highest BCUT2D eigenvalue weighted by Crippen LogP contribution is 2.31. The number of nitrogens with one attached hydrogen (secondary N) is 1. The summed E-state index contributed by atoms with van der Waals surface area (Å²) in [5.74, 6) is 0.578. The van der Waals surface area contributed by atoms with Gasteiger partial charge in [-0.05, 0) is 45.2 Å². The third-order valence-corrected chi connectivity index (χ3v) is 3.39. The monoisotopic (exact) mass is 226 g/mol. The van der Waals surface area contributed by atoms with Gasteiger partial charge in [-0.25, -0.2) is 0 Å². The van der Waals surface area contributed by atoms with Crippen LogP contribution in [-0.4, -0.2) is 49.7 Å². The largest absolute Gasteiger partial charge is 0.465 e. The van der Waals surface area contributed by atoms with Crippen molar-refractivity contribution in [3.63, 3.8) is 0 Å². The molecular weight excluding hydrogens is 204 g/mol. The molecule has 1 aliphatic carbocycles. The molecular formula is C12H22N2O2. The van der Waals surface area contributed by atoms with Crippen molar-refractivity contribution in [3.8, 4) is 0 Å². The first-order valence-electron chi connectivity index (χ1n) is 6.40. The van der Waals surface area contributed by atoms with Gasteiger partial charge >= 0.3 is 5.97 Å². The van der Waals surface area contributed by atoms with E-state index < -0.39 is 0 Å². The van der Waals surface area contributed by atoms with Crippen molar-refractivity contribution in [1.29, 1.82) is 0 Å². The molecule has 1 unspecified atom stereocenters. The Bertz CT molecular complexity index is 241. The number of likely N-dealkylation sites (tertiary alicyclic amines) is 1. The maximum absolute atomic E-state index is 11.1. The smallest absolute Gasteiger partial charge is 0.319 e. The van der Waals surface area contributed by atoms with Gasteiger partial charge in [-0.3, -0.25) is 4.79 Å². The summed E-state index contributed by atoms with van der Waals surface area (Å²) in [6, 6.07) is 0.884. The highest BCUT2D eigenvalue weighted by molar-refractivity contribution is 5.71. The second-order valence-electron chi connectivity index (χ2n) is 4.82. The Hall–Kier alpha value is -0.610. The summed E-state index contributed by atoms with van der Waals surface area (Å²) in [7, 11) is 0. The second-order valence-corrected chi connectivity index (χ2v) is 4.82. The molecule has 0 radical (unpaired) electrons. The van der Waals surface area contributed by atoms with E-state index in [1.54, 1.807) is 0 Å². The molecule has 0 aromatic rings. The molecule has 1 N–H and O–H groups in total. The Labute approximate surface area is 97.3 Å². The molecule has 1 heterocycles. The summed E-state index contributed by atoms with van der Waals surface area (Å²) in [6.45, 7) is 6.06. The lowest BCUT2D eigenvalue weighted by Crippen LogP contribution is -2.31. The van der Waals surface area contributed by atoms with Crippen LogP contribution < -0.4 is 5.32 Å². The lowest BCUT2D eigenvalue weighted by Gasteiger charge is -2.14. The van der Waals surface area contributed by atoms with E-state index in [-0.39, 0.29) is 5.97 Å². The van der Waals surface area contributed by atoms with Crippen molar-refractivity contribution in [3.05, 3.63) is 0 Å². The minimum Gasteiger partial charge on any atom is -0.465 e. The van der Waals surface area contributed by atoms with Crippen molar-refractivity contribution >= 4 is 5.97 Å². The average Bonchev–Trinajstić information content (AvgIpc) is 3.00. The van der Waals surface area contributed by atoms with E-state index in [0.717, 1.165) is 18.5 Å². The third-order valence-electron chi connectivity index (χ3n) is 3.39. The number of carbonyl (C=O) groups excluding carboxylic acids is 1. The topological polar surface area (TPSA) is 41.6 Å². The zero-order valence-electron chi connectivity index (χ0n) is 10.1. The van der Waals surface area contributed by atoms with Crippen LogP contribution in [0, 0.1) is 5.92 Å². The maximum Gasteiger partial charge on any atom is 0.319 e. The van der Waals surface area contributed by atoms with E-state index >= 15 is 0 Å². The van der Waals surface area contributed by atoms with Crippen LogP contribution in [0.1, 0.15) is 26.2 Å². The number of esters is 1. The fraction of sp³-hybridized carbons (Fsp3) is 0.917. The summed E-state index contributed by atoms with van der Waals surface area (Å²) >= 11 is 0. The summed E-state index contributed by atoms with van der Waals surface area (Å²) in [4.78, 5) is 13.7. The van der Waals surface area contributed by atoms with Crippen LogP contribution in [0.5, 0.6) is 0 Å². The molecule has 2 fully saturated rings. The molecule has 4 nitrogen and oxygen atoms in total. The lowest BCUT2D eigenvalue weighted by molar-refractivity contribution is -0.142. The van der Waals surface area contributed by atoms with Crippen molar-refractivity contribution in [2.75, 3.05) is 32.8 Å². The van der Waals surface area contributed by atoms with Gasteiger partial charge in [-0.15, -0.1) is 0 Å². The van der Waals surface area contributed by atoms with Gasteiger partial charge in [0.2, 0.25) is 0 Å². The van der Waals surface area contributed by atoms with Crippen LogP contribution in [0.25, 0.3) is 0 Å². The molecule has 0 spiro atoms. The molecule has 2 aliphatic rings. The van der Waals surface area contributed by atoms with Crippen molar-refractivity contribution in [1.82, 2.24) is 10.2 Å². The van der Waals surface area contributed by atoms with Gasteiger partial charge in [0.15, 0.2) is 0 Å². The van der Waals surface area contributed by atoms with E-state index in [1.165, 1.54) is 32.4 Å². The quantitative estimate of drug-likeness (QED) is 0.674. The highest BCUT2D eigenvalue weighted by atomic mass is 16.5. The minimum atomic E-state index is -0.139. The predicted molar refractivity (Wildman–Crippen MR) is 62.2 cm³/mol. The van der Waals surface area contributed by atoms with Crippen LogP contribution in [0.15, 0.2) is 0 Å². The van der Waals surface area contributed by atoms with Crippen LogP contribution >= 0.6 is 0 Å². The molecule has 0 aromatic heterocycles. The van der Waals surface area contributed by atoms with Crippen LogP contribution in [-0.2, 0) is 9.53 Å². The first-order chi connectivity index (χ1) is 7.79. The lowest BCUT2D eigenvalue weighted by atomic mass is 10.1. The van der Waals surface area contributed by atoms with Crippen molar-refractivity contribution in [2.24, 2.45) is 5.92 Å². The van der Waals surface area contributed by atoms with E-state index in [1.807, 2.05) is 6.92 Å². The minimum absolute atomic E-state index is 0.139. The molecule has 1 saturated carbocycles. The fourth-order valence-electron chi connectivity index (χ4n) is 2.39. The zero-order chi connectivity index (χ0) is 11.4.